The van der Waals surface area contributed by atoms with Gasteiger partial charge in [-0.15, -0.1) is 0 Å². The summed E-state index contributed by atoms with van der Waals surface area (Å²) < 4.78 is 26.1. The molecule has 2 aromatic carbocycles. The van der Waals surface area contributed by atoms with Crippen molar-refractivity contribution in [1.82, 2.24) is 9.78 Å². The van der Waals surface area contributed by atoms with Crippen LogP contribution in [0.15, 0.2) is 48.7 Å². The number of hydrogen-bond donors (Lipinski definition) is 0. The molecule has 0 unspecified atom stereocenters. The van der Waals surface area contributed by atoms with Crippen molar-refractivity contribution in [2.75, 3.05) is 7.11 Å². The number of ether oxygens (including phenoxy) is 2. The Morgan fingerprint density at radius 1 is 1.25 bits per heavy atom. The van der Waals surface area contributed by atoms with Crippen LogP contribution < -0.4 is 9.47 Å². The quantitative estimate of drug-likeness (QED) is 0.207. The highest BCUT2D eigenvalue weighted by atomic mass is 19.1. The van der Waals surface area contributed by atoms with Crippen LogP contribution in [0.4, 0.5) is 10.1 Å². The van der Waals surface area contributed by atoms with E-state index in [0.29, 0.717) is 34.7 Å². The van der Waals surface area contributed by atoms with Crippen molar-refractivity contribution in [3.63, 3.8) is 0 Å². The van der Waals surface area contributed by atoms with Crippen LogP contribution in [0.5, 0.6) is 11.5 Å². The highest BCUT2D eigenvalue weighted by Crippen LogP contribution is 2.30. The average Bonchev–Trinajstić information content (AvgIpc) is 3.16. The van der Waals surface area contributed by atoms with E-state index in [1.807, 2.05) is 6.92 Å². The third-order valence-corrected chi connectivity index (χ3v) is 4.77. The summed E-state index contributed by atoms with van der Waals surface area (Å²) in [5, 5.41) is 15.4. The second-order valence-corrected chi connectivity index (χ2v) is 6.91. The Kier molecular flexibility index (Phi) is 6.99. The molecule has 0 saturated heterocycles. The summed E-state index contributed by atoms with van der Waals surface area (Å²) in [6.45, 7) is 4.30. The second kappa shape index (κ2) is 9.86. The molecule has 0 amide bonds. The molecule has 3 aromatic rings. The van der Waals surface area contributed by atoms with Crippen LogP contribution in [0.2, 0.25) is 0 Å². The van der Waals surface area contributed by atoms with Crippen molar-refractivity contribution in [2.24, 2.45) is 0 Å². The monoisotopic (exact) mass is 439 g/mol. The number of hydrogen-bond acceptors (Lipinski definition) is 6. The van der Waals surface area contributed by atoms with Crippen molar-refractivity contribution in [3.8, 4) is 11.5 Å². The predicted molar refractivity (Wildman–Crippen MR) is 116 cm³/mol. The first kappa shape index (κ1) is 22.7. The Morgan fingerprint density at radius 3 is 2.69 bits per heavy atom. The molecule has 0 saturated carbocycles. The zero-order valence-electron chi connectivity index (χ0n) is 17.9. The van der Waals surface area contributed by atoms with E-state index in [0.717, 1.165) is 18.2 Å². The molecule has 3 rings (SSSR count). The van der Waals surface area contributed by atoms with E-state index in [2.05, 4.69) is 5.10 Å². The third kappa shape index (κ3) is 5.18. The molecule has 0 atom stereocenters. The maximum atomic E-state index is 13.5. The Hall–Kier alpha value is -4.01. The van der Waals surface area contributed by atoms with Gasteiger partial charge in [-0.3, -0.25) is 19.6 Å². The molecular weight excluding hydrogens is 417 g/mol. The molecular formula is C23H22FN3O5. The van der Waals surface area contributed by atoms with Crippen LogP contribution in [0.1, 0.15) is 34.1 Å². The number of carbonyl (C=O) groups excluding carboxylic acids is 1. The first-order valence-corrected chi connectivity index (χ1v) is 9.82. The minimum Gasteiger partial charge on any atom is -0.496 e. The Morgan fingerprint density at radius 2 is 2.03 bits per heavy atom. The highest BCUT2D eigenvalue weighted by Gasteiger charge is 2.17. The van der Waals surface area contributed by atoms with Gasteiger partial charge in [-0.2, -0.15) is 5.10 Å². The van der Waals surface area contributed by atoms with Crippen LogP contribution in [0.25, 0.3) is 6.08 Å². The highest BCUT2D eigenvalue weighted by molar-refractivity contribution is 6.07. The topological polar surface area (TPSA) is 96.5 Å². The normalized spacial score (nSPS) is 11.0. The van der Waals surface area contributed by atoms with Gasteiger partial charge in [0.2, 0.25) is 0 Å². The fraction of sp³-hybridized carbons (Fsp3) is 0.217. The van der Waals surface area contributed by atoms with Crippen LogP contribution in [-0.4, -0.2) is 27.6 Å². The van der Waals surface area contributed by atoms with Gasteiger partial charge < -0.3 is 9.47 Å². The van der Waals surface area contributed by atoms with E-state index in [-0.39, 0.29) is 23.8 Å². The number of nitro benzene ring substituents is 1. The first-order valence-electron chi connectivity index (χ1n) is 9.82. The Labute approximate surface area is 184 Å². The molecule has 166 valence electrons. The summed E-state index contributed by atoms with van der Waals surface area (Å²) >= 11 is 0. The van der Waals surface area contributed by atoms with Gasteiger partial charge in [0.1, 0.15) is 18.2 Å². The van der Waals surface area contributed by atoms with Crippen molar-refractivity contribution in [3.05, 3.63) is 87.0 Å². The van der Waals surface area contributed by atoms with Gasteiger partial charge >= 0.3 is 5.69 Å². The van der Waals surface area contributed by atoms with Crippen LogP contribution in [0.3, 0.4) is 0 Å². The summed E-state index contributed by atoms with van der Waals surface area (Å²) in [6.07, 6.45) is 4.81. The zero-order valence-corrected chi connectivity index (χ0v) is 17.9. The van der Waals surface area contributed by atoms with Gasteiger partial charge in [0, 0.05) is 30.4 Å². The standard InChI is InChI=1S/C23H22FN3O5/c1-4-26-13-19(15(2)25-26)21(28)9-5-16-6-10-22(31-3)17(11-16)14-32-23-12-18(24)7-8-20(23)27(29)30/h5-13H,4,14H2,1-3H3/b9-5+. The molecule has 0 spiro atoms. The number of nitro groups is 1. The van der Waals surface area contributed by atoms with Crippen LogP contribution in [0, 0.1) is 22.9 Å². The molecule has 9 heteroatoms. The molecule has 0 aliphatic carbocycles. The fourth-order valence-corrected chi connectivity index (χ4v) is 3.11. The molecule has 1 aromatic heterocycles. The lowest BCUT2D eigenvalue weighted by Crippen LogP contribution is -2.02. The predicted octanol–water partition coefficient (Wildman–Crippen LogP) is 4.74. The van der Waals surface area contributed by atoms with Crippen LogP contribution >= 0.6 is 0 Å². The number of rotatable bonds is 9. The molecule has 32 heavy (non-hydrogen) atoms. The van der Waals surface area contributed by atoms with E-state index >= 15 is 0 Å². The van der Waals surface area contributed by atoms with E-state index in [4.69, 9.17) is 9.47 Å². The molecule has 0 fully saturated rings. The van der Waals surface area contributed by atoms with Crippen LogP contribution in [-0.2, 0) is 13.2 Å². The second-order valence-electron chi connectivity index (χ2n) is 6.91. The summed E-state index contributed by atoms with van der Waals surface area (Å²) in [5.41, 5.74) is 2.12. The fourth-order valence-electron chi connectivity index (χ4n) is 3.11. The lowest BCUT2D eigenvalue weighted by Gasteiger charge is -2.11. The number of carbonyl (C=O) groups is 1. The first-order chi connectivity index (χ1) is 15.3. The van der Waals surface area contributed by atoms with Crippen molar-refractivity contribution < 1.29 is 23.6 Å². The number of halogens is 1. The third-order valence-electron chi connectivity index (χ3n) is 4.77. The van der Waals surface area contributed by atoms with Crippen molar-refractivity contribution >= 4 is 17.5 Å². The van der Waals surface area contributed by atoms with Gasteiger partial charge in [-0.25, -0.2) is 4.39 Å². The summed E-state index contributed by atoms with van der Waals surface area (Å²) in [6, 6.07) is 8.21. The number of benzene rings is 2. The van der Waals surface area contributed by atoms with E-state index in [1.165, 1.54) is 13.2 Å². The smallest absolute Gasteiger partial charge is 0.311 e. The molecule has 0 N–H and O–H groups in total. The average molecular weight is 439 g/mol. The number of aromatic nitrogens is 2. The molecule has 0 radical (unpaired) electrons. The number of ketones is 1. The lowest BCUT2D eigenvalue weighted by atomic mass is 10.1. The van der Waals surface area contributed by atoms with Crippen molar-refractivity contribution in [2.45, 2.75) is 27.0 Å². The van der Waals surface area contributed by atoms with Gasteiger partial charge in [0.05, 0.1) is 23.3 Å². The van der Waals surface area contributed by atoms with E-state index in [9.17, 15) is 19.3 Å². The van der Waals surface area contributed by atoms with Gasteiger partial charge in [0.15, 0.2) is 11.5 Å². The minimum absolute atomic E-state index is 0.0918. The summed E-state index contributed by atoms with van der Waals surface area (Å²) in [5.74, 6) is -0.509. The number of nitrogens with zero attached hydrogens (tertiary/aromatic N) is 3. The largest absolute Gasteiger partial charge is 0.496 e. The number of aryl methyl sites for hydroxylation is 2. The Bertz CT molecular complexity index is 1190. The van der Waals surface area contributed by atoms with E-state index < -0.39 is 10.7 Å². The summed E-state index contributed by atoms with van der Waals surface area (Å²) in [7, 11) is 1.48. The SMILES string of the molecule is CCn1cc(C(=O)/C=C/c2ccc(OC)c(COc3cc(F)ccc3[N+](=O)[O-])c2)c(C)n1. The maximum absolute atomic E-state index is 13.5. The van der Waals surface area contributed by atoms with E-state index in [1.54, 1.807) is 42.1 Å². The molecule has 0 bridgehead atoms. The van der Waals surface area contributed by atoms with Crippen molar-refractivity contribution in [1.29, 1.82) is 0 Å². The molecule has 0 aliphatic heterocycles. The summed E-state index contributed by atoms with van der Waals surface area (Å²) in [4.78, 5) is 23.1. The van der Waals surface area contributed by atoms with Gasteiger partial charge in [0.25, 0.3) is 0 Å². The zero-order chi connectivity index (χ0) is 23.3. The maximum Gasteiger partial charge on any atom is 0.311 e. The number of methoxy groups -OCH3 is 1. The molecule has 0 aliphatic rings. The molecule has 8 nitrogen and oxygen atoms in total. The molecule has 1 heterocycles. The lowest BCUT2D eigenvalue weighted by molar-refractivity contribution is -0.386. The Balaban J connectivity index is 1.81. The minimum atomic E-state index is -0.644. The number of allylic oxidation sites excluding steroid dienone is 1. The van der Waals surface area contributed by atoms with Gasteiger partial charge in [-0.1, -0.05) is 12.1 Å². The van der Waals surface area contributed by atoms with Gasteiger partial charge in [-0.05, 0) is 43.7 Å².